The summed E-state index contributed by atoms with van der Waals surface area (Å²) in [7, 11) is -0.999. The van der Waals surface area contributed by atoms with E-state index in [1.807, 2.05) is 0 Å². The number of nitrogens with one attached hydrogen (secondary N) is 2. The first-order valence-corrected chi connectivity index (χ1v) is 10.0. The Morgan fingerprint density at radius 3 is 2.37 bits per heavy atom. The molecule has 2 N–H and O–H groups in total. The minimum absolute atomic E-state index is 0.0164. The standard InChI is InChI=1S/C19H22N2O5S/c1-25-16-9-10-17(26-2)18(12-16)27(23,24)21-15-5-3-13(4-6-15)11-19(22)20-14-7-8-14/h3-6,9-10,12,14,21H,7-8,11H2,1-2H3,(H,20,22). The number of benzene rings is 2. The number of methoxy groups -OCH3 is 2. The quantitative estimate of drug-likeness (QED) is 0.722. The van der Waals surface area contributed by atoms with Gasteiger partial charge in [-0.2, -0.15) is 0 Å². The SMILES string of the molecule is COc1ccc(OC)c(S(=O)(=O)Nc2ccc(CC(=O)NC3CC3)cc2)c1. The van der Waals surface area contributed by atoms with Gasteiger partial charge in [0.25, 0.3) is 10.0 Å². The van der Waals surface area contributed by atoms with Crippen LogP contribution in [0.25, 0.3) is 0 Å². The van der Waals surface area contributed by atoms with E-state index in [1.165, 1.54) is 26.4 Å². The molecule has 0 aromatic heterocycles. The maximum atomic E-state index is 12.7. The molecule has 0 radical (unpaired) electrons. The van der Waals surface area contributed by atoms with Gasteiger partial charge in [-0.15, -0.1) is 0 Å². The van der Waals surface area contributed by atoms with Crippen LogP contribution in [0, 0.1) is 0 Å². The van der Waals surface area contributed by atoms with Gasteiger partial charge in [0.15, 0.2) is 0 Å². The number of sulfonamides is 1. The molecule has 1 aliphatic carbocycles. The number of ether oxygens (including phenoxy) is 2. The van der Waals surface area contributed by atoms with Crippen molar-refractivity contribution in [2.45, 2.75) is 30.2 Å². The van der Waals surface area contributed by atoms with Crippen LogP contribution in [-0.2, 0) is 21.2 Å². The Morgan fingerprint density at radius 2 is 1.78 bits per heavy atom. The average molecular weight is 390 g/mol. The number of rotatable bonds is 8. The third-order valence-electron chi connectivity index (χ3n) is 4.17. The molecule has 0 heterocycles. The molecule has 1 saturated carbocycles. The Kier molecular flexibility index (Phi) is 5.55. The Labute approximate surface area is 158 Å². The van der Waals surface area contributed by atoms with E-state index >= 15 is 0 Å². The highest BCUT2D eigenvalue weighted by molar-refractivity contribution is 7.92. The van der Waals surface area contributed by atoms with Crippen molar-refractivity contribution in [2.75, 3.05) is 18.9 Å². The lowest BCUT2D eigenvalue weighted by Crippen LogP contribution is -2.26. The van der Waals surface area contributed by atoms with Crippen molar-refractivity contribution in [2.24, 2.45) is 0 Å². The highest BCUT2D eigenvalue weighted by Gasteiger charge is 2.23. The lowest BCUT2D eigenvalue weighted by molar-refractivity contribution is -0.120. The lowest BCUT2D eigenvalue weighted by Gasteiger charge is -2.13. The first-order chi connectivity index (χ1) is 12.9. The van der Waals surface area contributed by atoms with Crippen molar-refractivity contribution in [3.8, 4) is 11.5 Å². The molecule has 0 atom stereocenters. The van der Waals surface area contributed by atoms with Gasteiger partial charge in [0, 0.05) is 17.8 Å². The van der Waals surface area contributed by atoms with Crippen molar-refractivity contribution >= 4 is 21.6 Å². The maximum absolute atomic E-state index is 12.7. The second-order valence-corrected chi connectivity index (χ2v) is 7.99. The Hall–Kier alpha value is -2.74. The van der Waals surface area contributed by atoms with Crippen molar-refractivity contribution < 1.29 is 22.7 Å². The topological polar surface area (TPSA) is 93.7 Å². The molecule has 0 aliphatic heterocycles. The molecule has 1 fully saturated rings. The molecule has 0 saturated heterocycles. The zero-order valence-electron chi connectivity index (χ0n) is 15.2. The minimum Gasteiger partial charge on any atom is -0.497 e. The van der Waals surface area contributed by atoms with E-state index in [2.05, 4.69) is 10.0 Å². The summed E-state index contributed by atoms with van der Waals surface area (Å²) in [6, 6.07) is 11.6. The van der Waals surface area contributed by atoms with Gasteiger partial charge in [-0.05, 0) is 42.7 Å². The van der Waals surface area contributed by atoms with Crippen molar-refractivity contribution in [1.82, 2.24) is 5.32 Å². The minimum atomic E-state index is -3.87. The van der Waals surface area contributed by atoms with Gasteiger partial charge in [0.05, 0.1) is 20.6 Å². The van der Waals surface area contributed by atoms with E-state index < -0.39 is 10.0 Å². The van der Waals surface area contributed by atoms with Crippen LogP contribution in [0.4, 0.5) is 5.69 Å². The zero-order valence-corrected chi connectivity index (χ0v) is 16.0. The van der Waals surface area contributed by atoms with Gasteiger partial charge in [0.1, 0.15) is 16.4 Å². The van der Waals surface area contributed by atoms with E-state index in [9.17, 15) is 13.2 Å². The summed E-state index contributed by atoms with van der Waals surface area (Å²) in [4.78, 5) is 11.8. The molecule has 2 aromatic carbocycles. The second kappa shape index (κ2) is 7.87. The summed E-state index contributed by atoms with van der Waals surface area (Å²) >= 11 is 0. The molecule has 1 amide bonds. The predicted octanol–water partition coefficient (Wildman–Crippen LogP) is 2.33. The van der Waals surface area contributed by atoms with E-state index in [0.29, 0.717) is 17.5 Å². The van der Waals surface area contributed by atoms with Crippen LogP contribution < -0.4 is 19.5 Å². The van der Waals surface area contributed by atoms with Crippen LogP contribution in [0.1, 0.15) is 18.4 Å². The fraction of sp³-hybridized carbons (Fsp3) is 0.316. The van der Waals surface area contributed by atoms with Gasteiger partial charge in [-0.1, -0.05) is 12.1 Å². The number of carbonyl (C=O) groups excluding carboxylic acids is 1. The molecular formula is C19H22N2O5S. The number of hydrogen-bond acceptors (Lipinski definition) is 5. The molecule has 0 bridgehead atoms. The molecule has 7 nitrogen and oxygen atoms in total. The number of amides is 1. The van der Waals surface area contributed by atoms with Crippen molar-refractivity contribution in [1.29, 1.82) is 0 Å². The summed E-state index contributed by atoms with van der Waals surface area (Å²) in [6.45, 7) is 0. The van der Waals surface area contributed by atoms with Gasteiger partial charge in [0.2, 0.25) is 5.91 Å². The summed E-state index contributed by atoms with van der Waals surface area (Å²) in [6.07, 6.45) is 2.35. The van der Waals surface area contributed by atoms with Crippen LogP contribution in [0.2, 0.25) is 0 Å². The monoisotopic (exact) mass is 390 g/mol. The van der Waals surface area contributed by atoms with Crippen molar-refractivity contribution in [3.63, 3.8) is 0 Å². The first kappa shape index (κ1) is 19.0. The van der Waals surface area contributed by atoms with Crippen LogP contribution in [0.15, 0.2) is 47.4 Å². The molecule has 8 heteroatoms. The summed E-state index contributed by atoms with van der Waals surface area (Å²) in [5.74, 6) is 0.608. The van der Waals surface area contributed by atoms with Gasteiger partial charge < -0.3 is 14.8 Å². The van der Waals surface area contributed by atoms with Crippen LogP contribution in [-0.4, -0.2) is 34.6 Å². The zero-order chi connectivity index (χ0) is 19.4. The molecule has 3 rings (SSSR count). The Bertz CT molecular complexity index is 922. The third-order valence-corrected chi connectivity index (χ3v) is 5.58. The molecule has 27 heavy (non-hydrogen) atoms. The summed E-state index contributed by atoms with van der Waals surface area (Å²) in [5.41, 5.74) is 1.21. The normalized spacial score (nSPS) is 13.7. The second-order valence-electron chi connectivity index (χ2n) is 6.34. The summed E-state index contributed by atoms with van der Waals surface area (Å²) < 4.78 is 38.2. The predicted molar refractivity (Wildman–Crippen MR) is 102 cm³/mol. The fourth-order valence-electron chi connectivity index (χ4n) is 2.59. The maximum Gasteiger partial charge on any atom is 0.265 e. The summed E-state index contributed by atoms with van der Waals surface area (Å²) in [5, 5.41) is 2.92. The molecule has 144 valence electrons. The molecule has 0 spiro atoms. The van der Waals surface area contributed by atoms with Gasteiger partial charge >= 0.3 is 0 Å². The van der Waals surface area contributed by atoms with E-state index in [4.69, 9.17) is 9.47 Å². The van der Waals surface area contributed by atoms with Gasteiger partial charge in [-0.3, -0.25) is 9.52 Å². The molecule has 0 unspecified atom stereocenters. The first-order valence-electron chi connectivity index (χ1n) is 8.54. The Balaban J connectivity index is 1.73. The fourth-order valence-corrected chi connectivity index (χ4v) is 3.83. The van der Waals surface area contributed by atoms with Crippen LogP contribution in [0.3, 0.4) is 0 Å². The molecular weight excluding hydrogens is 368 g/mol. The average Bonchev–Trinajstić information content (AvgIpc) is 3.46. The highest BCUT2D eigenvalue weighted by Crippen LogP contribution is 2.29. The van der Waals surface area contributed by atoms with E-state index in [-0.39, 0.29) is 23.0 Å². The van der Waals surface area contributed by atoms with Crippen molar-refractivity contribution in [3.05, 3.63) is 48.0 Å². The largest absolute Gasteiger partial charge is 0.497 e. The van der Waals surface area contributed by atoms with E-state index in [1.54, 1.807) is 30.3 Å². The number of carbonyl (C=O) groups is 1. The smallest absolute Gasteiger partial charge is 0.265 e. The third kappa shape index (κ3) is 4.91. The lowest BCUT2D eigenvalue weighted by atomic mass is 10.1. The number of anilines is 1. The molecule has 1 aliphatic rings. The van der Waals surface area contributed by atoms with E-state index in [0.717, 1.165) is 18.4 Å². The highest BCUT2D eigenvalue weighted by atomic mass is 32.2. The number of hydrogen-bond donors (Lipinski definition) is 2. The van der Waals surface area contributed by atoms with Gasteiger partial charge in [-0.25, -0.2) is 8.42 Å². The van der Waals surface area contributed by atoms with Crippen LogP contribution in [0.5, 0.6) is 11.5 Å². The van der Waals surface area contributed by atoms with Crippen LogP contribution >= 0.6 is 0 Å². The molecule has 2 aromatic rings. The Morgan fingerprint density at radius 1 is 1.07 bits per heavy atom.